The third-order valence-electron chi connectivity index (χ3n) is 5.58. The zero-order valence-electron chi connectivity index (χ0n) is 15.1. The number of halogens is 3. The molecule has 0 aromatic heterocycles. The molecule has 8 heteroatoms. The smallest absolute Gasteiger partial charge is 0.194 e. The fraction of sp³-hybridized carbons (Fsp3) is 0.684. The van der Waals surface area contributed by atoms with Crippen LogP contribution in [0.15, 0.2) is 12.1 Å². The van der Waals surface area contributed by atoms with E-state index in [1.165, 1.54) is 0 Å². The summed E-state index contributed by atoms with van der Waals surface area (Å²) in [6.45, 7) is 0.559. The van der Waals surface area contributed by atoms with E-state index in [1.807, 2.05) is 4.90 Å². The summed E-state index contributed by atoms with van der Waals surface area (Å²) in [7, 11) is 0. The number of ether oxygens (including phenoxy) is 1. The van der Waals surface area contributed by atoms with E-state index in [-0.39, 0.29) is 18.7 Å². The van der Waals surface area contributed by atoms with Crippen LogP contribution in [0.25, 0.3) is 0 Å². The van der Waals surface area contributed by atoms with Gasteiger partial charge in [-0.25, -0.2) is 13.2 Å². The lowest BCUT2D eigenvalue weighted by molar-refractivity contribution is -0.149. The predicted molar refractivity (Wildman–Crippen MR) is 91.9 cm³/mol. The minimum atomic E-state index is -1.66. The van der Waals surface area contributed by atoms with Crippen LogP contribution in [0.3, 0.4) is 0 Å². The summed E-state index contributed by atoms with van der Waals surface area (Å²) in [6.07, 6.45) is 3.63. The maximum Gasteiger partial charge on any atom is 0.194 e. The van der Waals surface area contributed by atoms with Gasteiger partial charge in [0.1, 0.15) is 18.0 Å². The van der Waals surface area contributed by atoms with Crippen molar-refractivity contribution in [1.82, 2.24) is 4.90 Å². The number of benzene rings is 1. The van der Waals surface area contributed by atoms with Crippen molar-refractivity contribution in [3.8, 4) is 5.75 Å². The van der Waals surface area contributed by atoms with Gasteiger partial charge >= 0.3 is 0 Å². The second kappa shape index (κ2) is 7.95. The van der Waals surface area contributed by atoms with Gasteiger partial charge < -0.3 is 20.1 Å². The average molecular weight is 389 g/mol. The topological polar surface area (TPSA) is 73.2 Å². The standard InChI is InChI=1S/C19H26F3NO4/c20-14-8-13(9-15(21)17(14)22)27-12-19(26)11-23(7-4-16(19)24)10-18(25)5-2-1-3-6-18/h8-9,16,24-26H,1-7,10-12H2/t16-,19-/m0/s1. The highest BCUT2D eigenvalue weighted by atomic mass is 19.2. The SMILES string of the molecule is O[C@H]1CCN(CC2(O)CCCCC2)C[C@]1(O)COc1cc(F)c(F)c(F)c1. The maximum absolute atomic E-state index is 13.3. The molecule has 0 radical (unpaired) electrons. The third kappa shape index (κ3) is 4.74. The first-order valence-corrected chi connectivity index (χ1v) is 9.33. The zero-order valence-corrected chi connectivity index (χ0v) is 15.1. The Balaban J connectivity index is 1.64. The first kappa shape index (κ1) is 20.4. The molecule has 1 saturated heterocycles. The molecule has 1 saturated carbocycles. The van der Waals surface area contributed by atoms with E-state index in [0.29, 0.717) is 38.1 Å². The Morgan fingerprint density at radius 3 is 2.33 bits per heavy atom. The molecule has 3 N–H and O–H groups in total. The summed E-state index contributed by atoms with van der Waals surface area (Å²) in [5.41, 5.74) is -2.46. The van der Waals surface area contributed by atoms with Crippen LogP contribution in [0.5, 0.6) is 5.75 Å². The van der Waals surface area contributed by atoms with Gasteiger partial charge in [0.05, 0.1) is 11.7 Å². The molecular formula is C19H26F3NO4. The van der Waals surface area contributed by atoms with Gasteiger partial charge in [0.25, 0.3) is 0 Å². The number of aliphatic hydroxyl groups is 3. The number of nitrogens with zero attached hydrogens (tertiary/aromatic N) is 1. The molecule has 1 aliphatic carbocycles. The minimum absolute atomic E-state index is 0.0582. The van der Waals surface area contributed by atoms with Crippen molar-refractivity contribution in [2.24, 2.45) is 0 Å². The Labute approximate surface area is 156 Å². The number of aliphatic hydroxyl groups excluding tert-OH is 1. The van der Waals surface area contributed by atoms with Crippen molar-refractivity contribution in [2.75, 3.05) is 26.2 Å². The summed E-state index contributed by atoms with van der Waals surface area (Å²) in [5.74, 6) is -4.63. The molecule has 152 valence electrons. The molecule has 2 atom stereocenters. The highest BCUT2D eigenvalue weighted by Crippen LogP contribution is 2.31. The molecular weight excluding hydrogens is 363 g/mol. The number of likely N-dealkylation sites (tertiary alicyclic amines) is 1. The molecule has 1 heterocycles. The monoisotopic (exact) mass is 389 g/mol. The number of rotatable bonds is 5. The lowest BCUT2D eigenvalue weighted by Crippen LogP contribution is -2.62. The largest absolute Gasteiger partial charge is 0.490 e. The molecule has 5 nitrogen and oxygen atoms in total. The quantitative estimate of drug-likeness (QED) is 0.672. The van der Waals surface area contributed by atoms with Crippen LogP contribution in [0, 0.1) is 17.5 Å². The van der Waals surface area contributed by atoms with Crippen molar-refractivity contribution in [1.29, 1.82) is 0 Å². The molecule has 2 aliphatic rings. The first-order valence-electron chi connectivity index (χ1n) is 9.33. The van der Waals surface area contributed by atoms with Crippen LogP contribution in [-0.2, 0) is 0 Å². The number of piperidine rings is 1. The number of hydrogen-bond acceptors (Lipinski definition) is 5. The van der Waals surface area contributed by atoms with Crippen LogP contribution in [0.4, 0.5) is 13.2 Å². The van der Waals surface area contributed by atoms with Crippen LogP contribution in [0.1, 0.15) is 38.5 Å². The lowest BCUT2D eigenvalue weighted by Gasteiger charge is -2.45. The fourth-order valence-corrected chi connectivity index (χ4v) is 4.03. The van der Waals surface area contributed by atoms with Crippen molar-refractivity contribution in [3.63, 3.8) is 0 Å². The normalized spacial score (nSPS) is 28.9. The highest BCUT2D eigenvalue weighted by molar-refractivity contribution is 5.25. The maximum atomic E-state index is 13.3. The summed E-state index contributed by atoms with van der Waals surface area (Å²) in [6, 6.07) is 1.39. The molecule has 1 aliphatic heterocycles. The van der Waals surface area contributed by atoms with Crippen LogP contribution in [-0.4, -0.2) is 63.8 Å². The molecule has 0 bridgehead atoms. The Hall–Kier alpha value is -1.35. The Morgan fingerprint density at radius 2 is 1.70 bits per heavy atom. The Morgan fingerprint density at radius 1 is 1.07 bits per heavy atom. The first-order chi connectivity index (χ1) is 12.7. The summed E-state index contributed by atoms with van der Waals surface area (Å²) in [4.78, 5) is 1.88. The van der Waals surface area contributed by atoms with E-state index in [0.717, 1.165) is 19.3 Å². The summed E-state index contributed by atoms with van der Waals surface area (Å²) >= 11 is 0. The van der Waals surface area contributed by atoms with E-state index in [2.05, 4.69) is 0 Å². The molecule has 1 aromatic carbocycles. The lowest BCUT2D eigenvalue weighted by atomic mass is 9.83. The molecule has 27 heavy (non-hydrogen) atoms. The van der Waals surface area contributed by atoms with Crippen molar-refractivity contribution < 1.29 is 33.2 Å². The van der Waals surface area contributed by atoms with Crippen LogP contribution in [0.2, 0.25) is 0 Å². The number of hydrogen-bond donors (Lipinski definition) is 3. The van der Waals surface area contributed by atoms with E-state index in [4.69, 9.17) is 4.74 Å². The third-order valence-corrected chi connectivity index (χ3v) is 5.58. The molecule has 2 fully saturated rings. The van der Waals surface area contributed by atoms with Crippen LogP contribution >= 0.6 is 0 Å². The Bertz CT molecular complexity index is 645. The van der Waals surface area contributed by atoms with Gasteiger partial charge in [-0.15, -0.1) is 0 Å². The van der Waals surface area contributed by atoms with E-state index in [1.54, 1.807) is 0 Å². The minimum Gasteiger partial charge on any atom is -0.490 e. The van der Waals surface area contributed by atoms with E-state index < -0.39 is 41.4 Å². The van der Waals surface area contributed by atoms with Gasteiger partial charge in [-0.2, -0.15) is 0 Å². The van der Waals surface area contributed by atoms with E-state index >= 15 is 0 Å². The average Bonchev–Trinajstić information content (AvgIpc) is 2.61. The molecule has 0 amide bonds. The molecule has 1 aromatic rings. The van der Waals surface area contributed by atoms with Gasteiger partial charge in [-0.3, -0.25) is 4.90 Å². The Kier molecular flexibility index (Phi) is 6.00. The molecule has 0 unspecified atom stereocenters. The molecule has 0 spiro atoms. The molecule has 3 rings (SSSR count). The summed E-state index contributed by atoms with van der Waals surface area (Å²) < 4.78 is 44.9. The van der Waals surface area contributed by atoms with Crippen LogP contribution < -0.4 is 4.74 Å². The summed E-state index contributed by atoms with van der Waals surface area (Å²) in [5, 5.41) is 31.8. The highest BCUT2D eigenvalue weighted by Gasteiger charge is 2.44. The van der Waals surface area contributed by atoms with Crippen molar-refractivity contribution in [2.45, 2.75) is 55.8 Å². The second-order valence-electron chi connectivity index (χ2n) is 7.89. The van der Waals surface area contributed by atoms with E-state index in [9.17, 15) is 28.5 Å². The van der Waals surface area contributed by atoms with Crippen molar-refractivity contribution >= 4 is 0 Å². The van der Waals surface area contributed by atoms with Gasteiger partial charge in [0.15, 0.2) is 17.5 Å². The van der Waals surface area contributed by atoms with Gasteiger partial charge in [0.2, 0.25) is 0 Å². The van der Waals surface area contributed by atoms with Gasteiger partial charge in [-0.1, -0.05) is 19.3 Å². The van der Waals surface area contributed by atoms with Gasteiger partial charge in [0, 0.05) is 31.8 Å². The van der Waals surface area contributed by atoms with Gasteiger partial charge in [-0.05, 0) is 19.3 Å². The predicted octanol–water partition coefficient (Wildman–Crippen LogP) is 1.98. The second-order valence-corrected chi connectivity index (χ2v) is 7.89. The fourth-order valence-electron chi connectivity index (χ4n) is 4.03. The number of β-amino-alcohol motifs (C(OH)–C–C–N with tert-alkyl or cyclic N) is 2. The zero-order chi connectivity index (χ0) is 19.7. The van der Waals surface area contributed by atoms with Crippen molar-refractivity contribution in [3.05, 3.63) is 29.6 Å².